The Bertz CT molecular complexity index is 368. The van der Waals surface area contributed by atoms with Gasteiger partial charge in [0, 0.05) is 6.54 Å². The van der Waals surface area contributed by atoms with Crippen LogP contribution in [-0.2, 0) is 4.79 Å². The van der Waals surface area contributed by atoms with E-state index >= 15 is 0 Å². The third-order valence-electron chi connectivity index (χ3n) is 2.36. The number of nitrogens with zero attached hydrogens (tertiary/aromatic N) is 1. The minimum absolute atomic E-state index is 0.118. The average Bonchev–Trinajstić information content (AvgIpc) is 2.17. The van der Waals surface area contributed by atoms with Crippen molar-refractivity contribution in [3.05, 3.63) is 23.4 Å². The summed E-state index contributed by atoms with van der Waals surface area (Å²) < 4.78 is 0. The molecule has 88 valence electrons. The Morgan fingerprint density at radius 2 is 2.25 bits per heavy atom. The number of nitrogens with one attached hydrogen (secondary N) is 1. The van der Waals surface area contributed by atoms with Crippen LogP contribution in [0.5, 0.6) is 0 Å². The molecule has 0 saturated carbocycles. The number of halogens is 1. The monoisotopic (exact) mass is 241 g/mol. The summed E-state index contributed by atoms with van der Waals surface area (Å²) in [5.41, 5.74) is 5.55. The van der Waals surface area contributed by atoms with Crippen molar-refractivity contribution in [3.8, 4) is 0 Å². The van der Waals surface area contributed by atoms with Gasteiger partial charge in [0.15, 0.2) is 0 Å². The van der Waals surface area contributed by atoms with Crippen LogP contribution in [0.1, 0.15) is 13.8 Å². The number of nitrogens with two attached hydrogens (primary N) is 1. The molecule has 1 unspecified atom stereocenters. The first kappa shape index (κ1) is 12.9. The maximum atomic E-state index is 11.8. The highest BCUT2D eigenvalue weighted by Gasteiger charge is 2.20. The van der Waals surface area contributed by atoms with Crippen LogP contribution in [0.4, 0.5) is 5.82 Å². The Balaban J connectivity index is 2.70. The van der Waals surface area contributed by atoms with Crippen LogP contribution in [-0.4, -0.2) is 17.4 Å². The Kier molecular flexibility index (Phi) is 4.71. The topological polar surface area (TPSA) is 68.0 Å². The van der Waals surface area contributed by atoms with Crippen molar-refractivity contribution in [2.75, 3.05) is 11.9 Å². The number of carbonyl (C=O) groups is 1. The quantitative estimate of drug-likeness (QED) is 0.792. The van der Waals surface area contributed by atoms with Gasteiger partial charge in [-0.2, -0.15) is 0 Å². The molecule has 0 aliphatic rings. The lowest BCUT2D eigenvalue weighted by molar-refractivity contribution is -0.120. The van der Waals surface area contributed by atoms with E-state index in [4.69, 9.17) is 17.3 Å². The predicted octanol–water partition coefficient (Wildman–Crippen LogP) is 1.90. The number of amides is 1. The Hall–Kier alpha value is -1.13. The van der Waals surface area contributed by atoms with Crippen LogP contribution in [0.3, 0.4) is 0 Å². The van der Waals surface area contributed by atoms with Crippen LogP contribution < -0.4 is 11.1 Å². The number of carbonyl (C=O) groups excluding carboxylic acids is 1. The Morgan fingerprint density at radius 1 is 1.56 bits per heavy atom. The average molecular weight is 242 g/mol. The lowest BCUT2D eigenvalue weighted by atomic mass is 9.95. The lowest BCUT2D eigenvalue weighted by Gasteiger charge is -2.17. The standard InChI is InChI=1S/C11H16ClN3O/c1-7(2)8(6-13)11(16)15-10-5-3-4-9(12)14-10/h3-5,7-8H,6,13H2,1-2H3,(H,14,15,16). The largest absolute Gasteiger partial charge is 0.330 e. The zero-order chi connectivity index (χ0) is 12.1. The highest BCUT2D eigenvalue weighted by Crippen LogP contribution is 2.14. The summed E-state index contributed by atoms with van der Waals surface area (Å²) in [5, 5.41) is 3.05. The number of pyridine rings is 1. The number of hydrogen-bond acceptors (Lipinski definition) is 3. The first-order valence-electron chi connectivity index (χ1n) is 5.18. The van der Waals surface area contributed by atoms with Gasteiger partial charge in [0.05, 0.1) is 5.92 Å². The normalized spacial score (nSPS) is 12.6. The van der Waals surface area contributed by atoms with Gasteiger partial charge in [-0.1, -0.05) is 31.5 Å². The van der Waals surface area contributed by atoms with Crippen molar-refractivity contribution in [1.82, 2.24) is 4.98 Å². The summed E-state index contributed by atoms with van der Waals surface area (Å²) >= 11 is 5.72. The summed E-state index contributed by atoms with van der Waals surface area (Å²) in [6.45, 7) is 4.25. The fourth-order valence-electron chi connectivity index (χ4n) is 1.38. The van der Waals surface area contributed by atoms with Gasteiger partial charge >= 0.3 is 0 Å². The fraction of sp³-hybridized carbons (Fsp3) is 0.455. The summed E-state index contributed by atoms with van der Waals surface area (Å²) in [5.74, 6) is 0.328. The summed E-state index contributed by atoms with van der Waals surface area (Å²) in [6.07, 6.45) is 0. The molecule has 0 fully saturated rings. The Morgan fingerprint density at radius 3 is 2.75 bits per heavy atom. The zero-order valence-electron chi connectivity index (χ0n) is 9.40. The molecule has 0 aliphatic heterocycles. The SMILES string of the molecule is CC(C)C(CN)C(=O)Nc1cccc(Cl)n1. The van der Waals surface area contributed by atoms with E-state index in [1.54, 1.807) is 18.2 Å². The molecular weight excluding hydrogens is 226 g/mol. The number of rotatable bonds is 4. The number of anilines is 1. The smallest absolute Gasteiger partial charge is 0.230 e. The molecule has 5 heteroatoms. The predicted molar refractivity (Wildman–Crippen MR) is 65.3 cm³/mol. The molecule has 4 nitrogen and oxygen atoms in total. The van der Waals surface area contributed by atoms with Crippen molar-refractivity contribution in [3.63, 3.8) is 0 Å². The van der Waals surface area contributed by atoms with E-state index < -0.39 is 0 Å². The van der Waals surface area contributed by atoms with E-state index in [2.05, 4.69) is 10.3 Å². The van der Waals surface area contributed by atoms with Crippen LogP contribution in [0.2, 0.25) is 5.15 Å². The second-order valence-corrected chi connectivity index (χ2v) is 4.31. The van der Waals surface area contributed by atoms with Crippen molar-refractivity contribution in [2.45, 2.75) is 13.8 Å². The van der Waals surface area contributed by atoms with E-state index in [1.165, 1.54) is 0 Å². The molecule has 1 heterocycles. The molecule has 1 rings (SSSR count). The van der Waals surface area contributed by atoms with Gasteiger partial charge in [0.25, 0.3) is 0 Å². The van der Waals surface area contributed by atoms with Crippen LogP contribution >= 0.6 is 11.6 Å². The van der Waals surface area contributed by atoms with E-state index in [0.717, 1.165) is 0 Å². The van der Waals surface area contributed by atoms with Gasteiger partial charge in [0.2, 0.25) is 5.91 Å². The summed E-state index contributed by atoms with van der Waals surface area (Å²) in [7, 11) is 0. The van der Waals surface area contributed by atoms with E-state index in [-0.39, 0.29) is 17.7 Å². The minimum Gasteiger partial charge on any atom is -0.330 e. The molecule has 0 aliphatic carbocycles. The van der Waals surface area contributed by atoms with Crippen LogP contribution in [0.15, 0.2) is 18.2 Å². The summed E-state index contributed by atoms with van der Waals surface area (Å²) in [4.78, 5) is 15.8. The van der Waals surface area contributed by atoms with Gasteiger partial charge < -0.3 is 11.1 Å². The molecule has 0 bridgehead atoms. The fourth-order valence-corrected chi connectivity index (χ4v) is 1.54. The maximum absolute atomic E-state index is 11.8. The zero-order valence-corrected chi connectivity index (χ0v) is 10.2. The molecule has 1 amide bonds. The highest BCUT2D eigenvalue weighted by molar-refractivity contribution is 6.29. The highest BCUT2D eigenvalue weighted by atomic mass is 35.5. The summed E-state index contributed by atoms with van der Waals surface area (Å²) in [6, 6.07) is 5.08. The third kappa shape index (κ3) is 3.47. The molecule has 0 radical (unpaired) electrons. The van der Waals surface area contributed by atoms with Crippen molar-refractivity contribution < 1.29 is 4.79 Å². The molecule has 1 atom stereocenters. The van der Waals surface area contributed by atoms with Gasteiger partial charge in [-0.25, -0.2) is 4.98 Å². The molecule has 16 heavy (non-hydrogen) atoms. The van der Waals surface area contributed by atoms with Crippen molar-refractivity contribution >= 4 is 23.3 Å². The second kappa shape index (κ2) is 5.82. The van der Waals surface area contributed by atoms with E-state index in [1.807, 2.05) is 13.8 Å². The molecular formula is C11H16ClN3O. The molecule has 0 aromatic carbocycles. The maximum Gasteiger partial charge on any atom is 0.230 e. The molecule has 3 N–H and O–H groups in total. The van der Waals surface area contributed by atoms with Crippen molar-refractivity contribution in [1.29, 1.82) is 0 Å². The van der Waals surface area contributed by atoms with Gasteiger partial charge in [-0.15, -0.1) is 0 Å². The van der Waals surface area contributed by atoms with Crippen molar-refractivity contribution in [2.24, 2.45) is 17.6 Å². The number of aromatic nitrogens is 1. The molecule has 0 spiro atoms. The van der Waals surface area contributed by atoms with Crippen LogP contribution in [0, 0.1) is 11.8 Å². The van der Waals surface area contributed by atoms with Gasteiger partial charge in [-0.05, 0) is 18.1 Å². The molecule has 1 aromatic rings. The first-order valence-corrected chi connectivity index (χ1v) is 5.56. The van der Waals surface area contributed by atoms with E-state index in [9.17, 15) is 4.79 Å². The molecule has 0 saturated heterocycles. The molecule has 1 aromatic heterocycles. The minimum atomic E-state index is -0.208. The first-order chi connectivity index (χ1) is 7.54. The van der Waals surface area contributed by atoms with Crippen LogP contribution in [0.25, 0.3) is 0 Å². The second-order valence-electron chi connectivity index (χ2n) is 3.92. The van der Waals surface area contributed by atoms with Gasteiger partial charge in [0.1, 0.15) is 11.0 Å². The van der Waals surface area contributed by atoms with Gasteiger partial charge in [-0.3, -0.25) is 4.79 Å². The Labute approximate surface area is 100 Å². The third-order valence-corrected chi connectivity index (χ3v) is 2.57. The lowest BCUT2D eigenvalue weighted by Crippen LogP contribution is -2.33. The van der Waals surface area contributed by atoms with E-state index in [0.29, 0.717) is 17.5 Å². The number of hydrogen-bond donors (Lipinski definition) is 2.